The fraction of sp³-hybridized carbons (Fsp3) is 0.400. The quantitative estimate of drug-likeness (QED) is 0.875. The van der Waals surface area contributed by atoms with E-state index < -0.39 is 0 Å². The Morgan fingerprint density at radius 2 is 2.06 bits per heavy atom. The number of benzene rings is 1. The molecule has 0 saturated heterocycles. The van der Waals surface area contributed by atoms with Crippen molar-refractivity contribution >= 4 is 0 Å². The number of aromatic nitrogens is 2. The summed E-state index contributed by atoms with van der Waals surface area (Å²) in [7, 11) is 1.92. The van der Waals surface area contributed by atoms with Crippen molar-refractivity contribution in [3.63, 3.8) is 0 Å². The van der Waals surface area contributed by atoms with Crippen LogP contribution in [0, 0.1) is 12.8 Å². The van der Waals surface area contributed by atoms with Gasteiger partial charge in [0, 0.05) is 19.9 Å². The third-order valence-corrected chi connectivity index (χ3v) is 3.31. The van der Waals surface area contributed by atoms with Gasteiger partial charge in [0.05, 0.1) is 6.20 Å². The molecule has 1 aromatic heterocycles. The maximum absolute atomic E-state index is 9.52. The van der Waals surface area contributed by atoms with Crippen LogP contribution in [0.3, 0.4) is 0 Å². The normalized spacial score (nSPS) is 12.6. The highest BCUT2D eigenvalue weighted by Gasteiger charge is 2.12. The summed E-state index contributed by atoms with van der Waals surface area (Å²) in [5.74, 6) is 0.260. The SMILES string of the molecule is Cc1ccccc1CC(CO)Cc1cnn(C)c1. The van der Waals surface area contributed by atoms with Gasteiger partial charge in [0.25, 0.3) is 0 Å². The van der Waals surface area contributed by atoms with Crippen molar-refractivity contribution in [2.75, 3.05) is 6.61 Å². The number of aliphatic hydroxyl groups is 1. The van der Waals surface area contributed by atoms with Crippen LogP contribution in [-0.4, -0.2) is 21.5 Å². The Kier molecular flexibility index (Phi) is 4.15. The average molecular weight is 244 g/mol. The number of aliphatic hydroxyl groups excluding tert-OH is 1. The molecule has 0 amide bonds. The zero-order valence-corrected chi connectivity index (χ0v) is 11.0. The van der Waals surface area contributed by atoms with Crippen molar-refractivity contribution < 1.29 is 5.11 Å². The molecule has 1 aromatic carbocycles. The van der Waals surface area contributed by atoms with E-state index in [2.05, 4.69) is 30.2 Å². The highest BCUT2D eigenvalue weighted by atomic mass is 16.3. The van der Waals surface area contributed by atoms with Gasteiger partial charge in [-0.25, -0.2) is 0 Å². The summed E-state index contributed by atoms with van der Waals surface area (Å²) in [6, 6.07) is 8.36. The lowest BCUT2D eigenvalue weighted by atomic mass is 9.92. The Hall–Kier alpha value is -1.61. The fourth-order valence-corrected chi connectivity index (χ4v) is 2.26. The summed E-state index contributed by atoms with van der Waals surface area (Å²) in [6.45, 7) is 2.33. The lowest BCUT2D eigenvalue weighted by Gasteiger charge is -2.14. The first-order valence-electron chi connectivity index (χ1n) is 6.32. The molecule has 0 aliphatic carbocycles. The summed E-state index contributed by atoms with van der Waals surface area (Å²) < 4.78 is 1.80. The van der Waals surface area contributed by atoms with Crippen molar-refractivity contribution in [1.82, 2.24) is 9.78 Å². The van der Waals surface area contributed by atoms with E-state index >= 15 is 0 Å². The van der Waals surface area contributed by atoms with E-state index in [1.807, 2.05) is 25.5 Å². The van der Waals surface area contributed by atoms with E-state index in [4.69, 9.17) is 0 Å². The van der Waals surface area contributed by atoms with Gasteiger partial charge in [-0.3, -0.25) is 4.68 Å². The maximum atomic E-state index is 9.52. The molecule has 2 aromatic rings. The smallest absolute Gasteiger partial charge is 0.0521 e. The molecule has 1 atom stereocenters. The maximum Gasteiger partial charge on any atom is 0.0521 e. The van der Waals surface area contributed by atoms with Gasteiger partial charge in [-0.2, -0.15) is 5.10 Å². The van der Waals surface area contributed by atoms with E-state index in [0.717, 1.165) is 12.8 Å². The minimum atomic E-state index is 0.212. The second-order valence-electron chi connectivity index (χ2n) is 4.91. The summed E-state index contributed by atoms with van der Waals surface area (Å²) in [5, 5.41) is 13.7. The number of nitrogens with zero attached hydrogens (tertiary/aromatic N) is 2. The predicted molar refractivity (Wildman–Crippen MR) is 72.4 cm³/mol. The second-order valence-corrected chi connectivity index (χ2v) is 4.91. The molecule has 2 rings (SSSR count). The third-order valence-electron chi connectivity index (χ3n) is 3.31. The zero-order chi connectivity index (χ0) is 13.0. The number of aryl methyl sites for hydroxylation is 2. The number of rotatable bonds is 5. The molecule has 1 N–H and O–H groups in total. The van der Waals surface area contributed by atoms with Crippen LogP contribution in [0.15, 0.2) is 36.7 Å². The van der Waals surface area contributed by atoms with E-state index in [-0.39, 0.29) is 12.5 Å². The molecule has 3 nitrogen and oxygen atoms in total. The highest BCUT2D eigenvalue weighted by molar-refractivity contribution is 5.26. The molecule has 0 aliphatic heterocycles. The van der Waals surface area contributed by atoms with E-state index in [1.54, 1.807) is 4.68 Å². The van der Waals surface area contributed by atoms with Crippen LogP contribution < -0.4 is 0 Å². The van der Waals surface area contributed by atoms with Crippen LogP contribution in [0.5, 0.6) is 0 Å². The van der Waals surface area contributed by atoms with Crippen LogP contribution in [0.25, 0.3) is 0 Å². The monoisotopic (exact) mass is 244 g/mol. The van der Waals surface area contributed by atoms with Crippen molar-refractivity contribution in [3.05, 3.63) is 53.3 Å². The second kappa shape index (κ2) is 5.83. The summed E-state index contributed by atoms with van der Waals surface area (Å²) in [6.07, 6.45) is 5.68. The molecule has 0 aliphatic rings. The van der Waals surface area contributed by atoms with Crippen molar-refractivity contribution in [2.45, 2.75) is 19.8 Å². The van der Waals surface area contributed by atoms with E-state index in [9.17, 15) is 5.11 Å². The van der Waals surface area contributed by atoms with E-state index in [1.165, 1.54) is 16.7 Å². The molecule has 0 fully saturated rings. The Bertz CT molecular complexity index is 505. The summed E-state index contributed by atoms with van der Waals surface area (Å²) >= 11 is 0. The first-order valence-corrected chi connectivity index (χ1v) is 6.32. The van der Waals surface area contributed by atoms with E-state index in [0.29, 0.717) is 0 Å². The summed E-state index contributed by atoms with van der Waals surface area (Å²) in [4.78, 5) is 0. The molecular weight excluding hydrogens is 224 g/mol. The van der Waals surface area contributed by atoms with Gasteiger partial charge in [-0.1, -0.05) is 24.3 Å². The Morgan fingerprint density at radius 1 is 1.28 bits per heavy atom. The standard InChI is InChI=1S/C15H20N2O/c1-12-5-3-4-6-15(12)8-13(11-18)7-14-9-16-17(2)10-14/h3-6,9-10,13,18H,7-8,11H2,1-2H3. The number of hydrogen-bond acceptors (Lipinski definition) is 2. The highest BCUT2D eigenvalue weighted by Crippen LogP contribution is 2.16. The van der Waals surface area contributed by atoms with Gasteiger partial charge in [0.1, 0.15) is 0 Å². The first kappa shape index (κ1) is 12.8. The molecule has 1 unspecified atom stereocenters. The van der Waals surface area contributed by atoms with Crippen molar-refractivity contribution in [3.8, 4) is 0 Å². The molecule has 96 valence electrons. The molecule has 0 bridgehead atoms. The van der Waals surface area contributed by atoms with Crippen LogP contribution in [0.2, 0.25) is 0 Å². The zero-order valence-electron chi connectivity index (χ0n) is 11.0. The molecule has 0 spiro atoms. The minimum Gasteiger partial charge on any atom is -0.396 e. The lowest BCUT2D eigenvalue weighted by Crippen LogP contribution is -2.13. The molecule has 1 heterocycles. The van der Waals surface area contributed by atoms with Gasteiger partial charge in [0.15, 0.2) is 0 Å². The Balaban J connectivity index is 2.04. The van der Waals surface area contributed by atoms with Gasteiger partial charge in [-0.05, 0) is 42.4 Å². The van der Waals surface area contributed by atoms with Gasteiger partial charge < -0.3 is 5.11 Å². The summed E-state index contributed by atoms with van der Waals surface area (Å²) in [5.41, 5.74) is 3.80. The molecule has 0 radical (unpaired) electrons. The average Bonchev–Trinajstić information content (AvgIpc) is 2.76. The largest absolute Gasteiger partial charge is 0.396 e. The predicted octanol–water partition coefficient (Wildman–Crippen LogP) is 2.12. The van der Waals surface area contributed by atoms with Crippen LogP contribution in [0.1, 0.15) is 16.7 Å². The topological polar surface area (TPSA) is 38.1 Å². The molecule has 3 heteroatoms. The van der Waals surface area contributed by atoms with Gasteiger partial charge in [0.2, 0.25) is 0 Å². The lowest BCUT2D eigenvalue weighted by molar-refractivity contribution is 0.225. The van der Waals surface area contributed by atoms with Gasteiger partial charge >= 0.3 is 0 Å². The number of hydrogen-bond donors (Lipinski definition) is 1. The van der Waals surface area contributed by atoms with Crippen LogP contribution >= 0.6 is 0 Å². The fourth-order valence-electron chi connectivity index (χ4n) is 2.26. The minimum absolute atomic E-state index is 0.212. The molecule has 18 heavy (non-hydrogen) atoms. The Morgan fingerprint density at radius 3 is 2.67 bits per heavy atom. The van der Waals surface area contributed by atoms with Crippen LogP contribution in [-0.2, 0) is 19.9 Å². The van der Waals surface area contributed by atoms with Crippen molar-refractivity contribution in [2.24, 2.45) is 13.0 Å². The Labute approximate surface area is 108 Å². The third kappa shape index (κ3) is 3.20. The van der Waals surface area contributed by atoms with Gasteiger partial charge in [-0.15, -0.1) is 0 Å². The first-order chi connectivity index (χ1) is 8.69. The molecular formula is C15H20N2O. The van der Waals surface area contributed by atoms with Crippen molar-refractivity contribution in [1.29, 1.82) is 0 Å². The molecule has 0 saturated carbocycles. The van der Waals surface area contributed by atoms with Crippen LogP contribution in [0.4, 0.5) is 0 Å².